The molecule has 2 rings (SSSR count). The molecule has 0 aliphatic carbocycles. The summed E-state index contributed by atoms with van der Waals surface area (Å²) in [6.45, 7) is 3.36. The van der Waals surface area contributed by atoms with Gasteiger partial charge in [-0.15, -0.1) is 0 Å². The smallest absolute Gasteiger partial charge is 0.362 e. The lowest BCUT2D eigenvalue weighted by atomic mass is 10.2. The monoisotopic (exact) mass is 315 g/mol. The molecule has 0 unspecified atom stereocenters. The van der Waals surface area contributed by atoms with E-state index in [1.807, 2.05) is 12.1 Å². The molecule has 5 nitrogen and oxygen atoms in total. The summed E-state index contributed by atoms with van der Waals surface area (Å²) in [7, 11) is 1.54. The number of nitrogens with zero attached hydrogens (tertiary/aromatic N) is 1. The van der Waals surface area contributed by atoms with Gasteiger partial charge in [0.25, 0.3) is 0 Å². The van der Waals surface area contributed by atoms with Crippen LogP contribution in [0.1, 0.15) is 35.8 Å². The maximum atomic E-state index is 12.0. The van der Waals surface area contributed by atoms with Crippen LogP contribution in [0.5, 0.6) is 11.5 Å². The Bertz CT molecular complexity index is 628. The quantitative estimate of drug-likeness (QED) is 0.423. The number of ether oxygens (including phenoxy) is 3. The van der Waals surface area contributed by atoms with Crippen molar-refractivity contribution in [2.75, 3.05) is 13.7 Å². The number of hydrogen-bond donors (Lipinski definition) is 0. The van der Waals surface area contributed by atoms with Crippen LogP contribution < -0.4 is 9.47 Å². The molecule has 1 aromatic heterocycles. The first kappa shape index (κ1) is 17.0. The van der Waals surface area contributed by atoms with Crippen LogP contribution in [0.15, 0.2) is 42.6 Å². The number of benzene rings is 1. The molecular formula is C18H21NO4. The van der Waals surface area contributed by atoms with Gasteiger partial charge in [-0.1, -0.05) is 25.5 Å². The Labute approximate surface area is 136 Å². The van der Waals surface area contributed by atoms with Crippen LogP contribution in [-0.2, 0) is 11.3 Å². The molecule has 0 N–H and O–H groups in total. The number of carbonyl (C=O) groups is 1. The van der Waals surface area contributed by atoms with Gasteiger partial charge in [-0.2, -0.15) is 0 Å². The predicted octanol–water partition coefficient (Wildman–Crippen LogP) is 3.63. The summed E-state index contributed by atoms with van der Waals surface area (Å²) >= 11 is 0. The maximum absolute atomic E-state index is 12.0. The van der Waals surface area contributed by atoms with Crippen LogP contribution in [-0.4, -0.2) is 24.7 Å². The van der Waals surface area contributed by atoms with Crippen molar-refractivity contribution in [3.8, 4) is 11.5 Å². The molecule has 0 saturated heterocycles. The highest BCUT2D eigenvalue weighted by molar-refractivity contribution is 5.89. The second-order valence-corrected chi connectivity index (χ2v) is 5.00. The molecule has 0 fully saturated rings. The van der Waals surface area contributed by atoms with E-state index >= 15 is 0 Å². The fraction of sp³-hybridized carbons (Fsp3) is 0.333. The summed E-state index contributed by atoms with van der Waals surface area (Å²) in [5, 5.41) is 0. The minimum absolute atomic E-state index is 0.251. The summed E-state index contributed by atoms with van der Waals surface area (Å²) in [5.74, 6) is 0.335. The van der Waals surface area contributed by atoms with Crippen molar-refractivity contribution in [1.82, 2.24) is 4.98 Å². The van der Waals surface area contributed by atoms with Crippen molar-refractivity contribution in [1.29, 1.82) is 0 Å². The average molecular weight is 315 g/mol. The van der Waals surface area contributed by atoms with E-state index in [9.17, 15) is 4.79 Å². The van der Waals surface area contributed by atoms with E-state index in [1.54, 1.807) is 30.5 Å². The van der Waals surface area contributed by atoms with Gasteiger partial charge in [-0.25, -0.2) is 9.78 Å². The highest BCUT2D eigenvalue weighted by Crippen LogP contribution is 2.29. The number of esters is 1. The van der Waals surface area contributed by atoms with Gasteiger partial charge >= 0.3 is 5.97 Å². The first-order chi connectivity index (χ1) is 11.2. The third-order valence-electron chi connectivity index (χ3n) is 3.22. The van der Waals surface area contributed by atoms with E-state index < -0.39 is 5.97 Å². The zero-order chi connectivity index (χ0) is 16.5. The van der Waals surface area contributed by atoms with E-state index in [1.165, 1.54) is 7.11 Å². The molecular weight excluding hydrogens is 294 g/mol. The van der Waals surface area contributed by atoms with Crippen molar-refractivity contribution >= 4 is 5.97 Å². The molecule has 1 aromatic carbocycles. The molecule has 2 aromatic rings. The van der Waals surface area contributed by atoms with Gasteiger partial charge in [0.15, 0.2) is 11.5 Å². The normalized spacial score (nSPS) is 10.3. The third kappa shape index (κ3) is 5.07. The molecule has 122 valence electrons. The van der Waals surface area contributed by atoms with Gasteiger partial charge in [0.05, 0.1) is 13.7 Å². The molecule has 0 amide bonds. The molecule has 0 bridgehead atoms. The topological polar surface area (TPSA) is 57.7 Å². The number of pyridine rings is 1. The van der Waals surface area contributed by atoms with Crippen LogP contribution >= 0.6 is 0 Å². The molecule has 0 aliphatic heterocycles. The standard InChI is InChI=1S/C18H21NO4/c1-3-4-11-22-13-14-8-9-16(17(12-14)21-2)23-18(20)15-7-5-6-10-19-15/h5-10,12H,3-4,11,13H2,1-2H3. The van der Waals surface area contributed by atoms with E-state index in [4.69, 9.17) is 14.2 Å². The van der Waals surface area contributed by atoms with E-state index in [2.05, 4.69) is 11.9 Å². The van der Waals surface area contributed by atoms with Crippen molar-refractivity contribution in [3.63, 3.8) is 0 Å². The Morgan fingerprint density at radius 2 is 2.04 bits per heavy atom. The van der Waals surface area contributed by atoms with Gasteiger partial charge in [0, 0.05) is 12.8 Å². The Kier molecular flexibility index (Phi) is 6.56. The average Bonchev–Trinajstić information content (AvgIpc) is 2.60. The van der Waals surface area contributed by atoms with E-state index in [-0.39, 0.29) is 5.69 Å². The molecule has 23 heavy (non-hydrogen) atoms. The second-order valence-electron chi connectivity index (χ2n) is 5.00. The highest BCUT2D eigenvalue weighted by Gasteiger charge is 2.13. The number of unbranched alkanes of at least 4 members (excludes halogenated alkanes) is 1. The number of hydrogen-bond acceptors (Lipinski definition) is 5. The largest absolute Gasteiger partial charge is 0.493 e. The van der Waals surface area contributed by atoms with Gasteiger partial charge in [0.1, 0.15) is 5.69 Å². The van der Waals surface area contributed by atoms with Crippen molar-refractivity contribution in [2.45, 2.75) is 26.4 Å². The van der Waals surface area contributed by atoms with Crippen LogP contribution in [0.4, 0.5) is 0 Å². The van der Waals surface area contributed by atoms with Gasteiger partial charge in [-0.3, -0.25) is 0 Å². The van der Waals surface area contributed by atoms with Crippen molar-refractivity contribution in [2.24, 2.45) is 0 Å². The Morgan fingerprint density at radius 3 is 2.74 bits per heavy atom. The first-order valence-electron chi connectivity index (χ1n) is 7.62. The maximum Gasteiger partial charge on any atom is 0.362 e. The molecule has 0 saturated carbocycles. The number of rotatable bonds is 8. The van der Waals surface area contributed by atoms with Crippen LogP contribution in [0, 0.1) is 0 Å². The molecule has 0 radical (unpaired) electrons. The number of aromatic nitrogens is 1. The van der Waals surface area contributed by atoms with Crippen LogP contribution in [0.2, 0.25) is 0 Å². The summed E-state index contributed by atoms with van der Waals surface area (Å²) in [6, 6.07) is 10.5. The summed E-state index contributed by atoms with van der Waals surface area (Å²) < 4.78 is 16.2. The number of carbonyl (C=O) groups excluding carboxylic acids is 1. The fourth-order valence-corrected chi connectivity index (χ4v) is 1.96. The zero-order valence-corrected chi connectivity index (χ0v) is 13.5. The molecule has 1 heterocycles. The van der Waals surface area contributed by atoms with E-state index in [0.29, 0.717) is 18.1 Å². The summed E-state index contributed by atoms with van der Waals surface area (Å²) in [4.78, 5) is 16.0. The van der Waals surface area contributed by atoms with Crippen LogP contribution in [0.3, 0.4) is 0 Å². The second kappa shape index (κ2) is 8.90. The Hall–Kier alpha value is -2.40. The predicted molar refractivity (Wildman–Crippen MR) is 86.8 cm³/mol. The van der Waals surface area contributed by atoms with Gasteiger partial charge < -0.3 is 14.2 Å². The summed E-state index contributed by atoms with van der Waals surface area (Å²) in [5.41, 5.74) is 1.22. The lowest BCUT2D eigenvalue weighted by Gasteiger charge is -2.11. The minimum Gasteiger partial charge on any atom is -0.493 e. The highest BCUT2D eigenvalue weighted by atomic mass is 16.6. The molecule has 0 spiro atoms. The first-order valence-corrected chi connectivity index (χ1v) is 7.62. The zero-order valence-electron chi connectivity index (χ0n) is 13.5. The van der Waals surface area contributed by atoms with Gasteiger partial charge in [0.2, 0.25) is 0 Å². The fourth-order valence-electron chi connectivity index (χ4n) is 1.96. The lowest BCUT2D eigenvalue weighted by molar-refractivity contribution is 0.0723. The van der Waals surface area contributed by atoms with Crippen molar-refractivity contribution in [3.05, 3.63) is 53.9 Å². The molecule has 0 atom stereocenters. The lowest BCUT2D eigenvalue weighted by Crippen LogP contribution is -2.11. The molecule has 5 heteroatoms. The van der Waals surface area contributed by atoms with Crippen molar-refractivity contribution < 1.29 is 19.0 Å². The Balaban J connectivity index is 2.03. The SMILES string of the molecule is CCCCOCc1ccc(OC(=O)c2ccccn2)c(OC)c1. The minimum atomic E-state index is -0.518. The Morgan fingerprint density at radius 1 is 1.17 bits per heavy atom. The molecule has 0 aliphatic rings. The van der Waals surface area contributed by atoms with Crippen LogP contribution in [0.25, 0.3) is 0 Å². The number of methoxy groups -OCH3 is 1. The van der Waals surface area contributed by atoms with Gasteiger partial charge in [-0.05, 0) is 36.2 Å². The van der Waals surface area contributed by atoms with E-state index in [0.717, 1.165) is 25.0 Å². The third-order valence-corrected chi connectivity index (χ3v) is 3.22. The summed E-state index contributed by atoms with van der Waals surface area (Å²) in [6.07, 6.45) is 3.69.